The number of hydrogen-bond donors (Lipinski definition) is 2. The van der Waals surface area contributed by atoms with Gasteiger partial charge in [0.25, 0.3) is 0 Å². The highest BCUT2D eigenvalue weighted by atomic mass is 16.3. The minimum absolute atomic E-state index is 0.0625. The van der Waals surface area contributed by atoms with Gasteiger partial charge in [0.2, 0.25) is 0 Å². The van der Waals surface area contributed by atoms with Crippen molar-refractivity contribution in [2.45, 2.75) is 38.9 Å². The van der Waals surface area contributed by atoms with E-state index >= 15 is 0 Å². The second-order valence-corrected chi connectivity index (χ2v) is 5.75. The van der Waals surface area contributed by atoms with Gasteiger partial charge in [-0.15, -0.1) is 0 Å². The summed E-state index contributed by atoms with van der Waals surface area (Å²) in [7, 11) is 0. The first kappa shape index (κ1) is 16.4. The van der Waals surface area contributed by atoms with E-state index < -0.39 is 12.2 Å². The lowest BCUT2D eigenvalue weighted by Gasteiger charge is -2.13. The predicted molar refractivity (Wildman–Crippen MR) is 87.1 cm³/mol. The van der Waals surface area contributed by atoms with E-state index in [0.717, 1.165) is 11.1 Å². The molecule has 0 saturated heterocycles. The topological polar surface area (TPSA) is 57.5 Å². The molecule has 0 aliphatic heterocycles. The van der Waals surface area contributed by atoms with Gasteiger partial charge in [-0.25, -0.2) is 0 Å². The van der Waals surface area contributed by atoms with E-state index in [9.17, 15) is 15.0 Å². The molecule has 22 heavy (non-hydrogen) atoms. The van der Waals surface area contributed by atoms with E-state index in [0.29, 0.717) is 24.0 Å². The summed E-state index contributed by atoms with van der Waals surface area (Å²) in [4.78, 5) is 12.9. The Hall–Kier alpha value is -1.97. The van der Waals surface area contributed by atoms with E-state index in [2.05, 4.69) is 0 Å². The number of benzene rings is 2. The molecule has 3 nitrogen and oxygen atoms in total. The van der Waals surface area contributed by atoms with Crippen molar-refractivity contribution in [1.82, 2.24) is 0 Å². The van der Waals surface area contributed by atoms with Crippen molar-refractivity contribution >= 4 is 5.78 Å². The summed E-state index contributed by atoms with van der Waals surface area (Å²) >= 11 is 0. The van der Waals surface area contributed by atoms with Crippen LogP contribution in [0, 0.1) is 0 Å². The Bertz CT molecular complexity index is 589. The number of carbonyl (C=O) groups is 1. The van der Waals surface area contributed by atoms with E-state index in [4.69, 9.17) is 0 Å². The van der Waals surface area contributed by atoms with Gasteiger partial charge in [-0.2, -0.15) is 0 Å². The molecule has 0 amide bonds. The van der Waals surface area contributed by atoms with Crippen LogP contribution in [0.3, 0.4) is 0 Å². The van der Waals surface area contributed by atoms with Crippen molar-refractivity contribution in [3.05, 3.63) is 70.8 Å². The summed E-state index contributed by atoms with van der Waals surface area (Å²) in [6.45, 7) is 3.42. The van der Waals surface area contributed by atoms with Crippen LogP contribution in [0.1, 0.15) is 40.9 Å². The van der Waals surface area contributed by atoms with Gasteiger partial charge in [0.1, 0.15) is 0 Å². The average molecular weight is 298 g/mol. The summed E-state index contributed by atoms with van der Waals surface area (Å²) in [5.74, 6) is -0.0625. The molecule has 0 heterocycles. The first-order valence-electron chi connectivity index (χ1n) is 7.55. The largest absolute Gasteiger partial charge is 0.393 e. The third-order valence-electron chi connectivity index (χ3n) is 3.55. The molecule has 0 aliphatic carbocycles. The molecule has 2 N–H and O–H groups in total. The number of aliphatic hydroxyl groups is 2. The summed E-state index contributed by atoms with van der Waals surface area (Å²) in [5, 5.41) is 19.2. The normalized spacial score (nSPS) is 13.6. The monoisotopic (exact) mass is 298 g/mol. The number of aliphatic hydroxyl groups excluding tert-OH is 2. The van der Waals surface area contributed by atoms with E-state index in [1.165, 1.54) is 0 Å². The first-order valence-corrected chi connectivity index (χ1v) is 7.55. The maximum Gasteiger partial charge on any atom is 0.193 e. The maximum atomic E-state index is 12.9. The second kappa shape index (κ2) is 7.34. The molecule has 0 bridgehead atoms. The molecule has 0 radical (unpaired) electrons. The maximum absolute atomic E-state index is 12.9. The van der Waals surface area contributed by atoms with Gasteiger partial charge in [0, 0.05) is 11.1 Å². The van der Waals surface area contributed by atoms with Crippen molar-refractivity contribution in [3.8, 4) is 0 Å². The third kappa shape index (κ3) is 4.03. The molecule has 2 aromatic carbocycles. The fourth-order valence-electron chi connectivity index (χ4n) is 2.62. The van der Waals surface area contributed by atoms with Gasteiger partial charge in [-0.1, -0.05) is 48.5 Å². The molecule has 2 rings (SSSR count). The average Bonchev–Trinajstić information content (AvgIpc) is 2.46. The zero-order valence-corrected chi connectivity index (χ0v) is 13.0. The zero-order chi connectivity index (χ0) is 16.1. The van der Waals surface area contributed by atoms with Crippen molar-refractivity contribution in [1.29, 1.82) is 0 Å². The molecule has 0 fully saturated rings. The molecule has 2 aromatic rings. The Morgan fingerprint density at radius 2 is 1.18 bits per heavy atom. The Kier molecular flexibility index (Phi) is 5.47. The molecular weight excluding hydrogens is 276 g/mol. The van der Waals surface area contributed by atoms with Crippen LogP contribution in [0.5, 0.6) is 0 Å². The van der Waals surface area contributed by atoms with Crippen molar-refractivity contribution in [2.24, 2.45) is 0 Å². The van der Waals surface area contributed by atoms with Gasteiger partial charge >= 0.3 is 0 Å². The van der Waals surface area contributed by atoms with Gasteiger partial charge < -0.3 is 10.2 Å². The van der Waals surface area contributed by atoms with E-state index in [-0.39, 0.29) is 5.78 Å². The summed E-state index contributed by atoms with van der Waals surface area (Å²) in [5.41, 5.74) is 2.91. The summed E-state index contributed by atoms with van der Waals surface area (Å²) in [6.07, 6.45) is -0.107. The van der Waals surface area contributed by atoms with Crippen molar-refractivity contribution < 1.29 is 15.0 Å². The van der Waals surface area contributed by atoms with Gasteiger partial charge in [0.15, 0.2) is 5.78 Å². The van der Waals surface area contributed by atoms with Crippen molar-refractivity contribution in [2.75, 3.05) is 0 Å². The van der Waals surface area contributed by atoms with Crippen LogP contribution < -0.4 is 0 Å². The lowest BCUT2D eigenvalue weighted by molar-refractivity contribution is 0.103. The van der Waals surface area contributed by atoms with E-state index in [1.807, 2.05) is 36.4 Å². The van der Waals surface area contributed by atoms with Crippen LogP contribution in [0.25, 0.3) is 0 Å². The molecule has 0 aliphatic rings. The molecule has 0 saturated carbocycles. The molecule has 2 atom stereocenters. The Morgan fingerprint density at radius 3 is 1.55 bits per heavy atom. The lowest BCUT2D eigenvalue weighted by Crippen LogP contribution is -2.14. The highest BCUT2D eigenvalue weighted by Crippen LogP contribution is 2.20. The van der Waals surface area contributed by atoms with Crippen LogP contribution in [-0.2, 0) is 12.8 Å². The second-order valence-electron chi connectivity index (χ2n) is 5.75. The first-order chi connectivity index (χ1) is 10.5. The molecule has 116 valence electrons. The Labute approximate surface area is 131 Å². The van der Waals surface area contributed by atoms with Crippen LogP contribution in [0.4, 0.5) is 0 Å². The highest BCUT2D eigenvalue weighted by Gasteiger charge is 2.17. The Morgan fingerprint density at radius 1 is 0.818 bits per heavy atom. The van der Waals surface area contributed by atoms with Crippen LogP contribution in [0.15, 0.2) is 48.5 Å². The quantitative estimate of drug-likeness (QED) is 0.806. The fraction of sp³-hybridized carbons (Fsp3) is 0.316. The fourth-order valence-corrected chi connectivity index (χ4v) is 2.62. The predicted octanol–water partition coefficient (Wildman–Crippen LogP) is 2.76. The minimum Gasteiger partial charge on any atom is -0.393 e. The lowest BCUT2D eigenvalue weighted by atomic mass is 9.91. The number of ketones is 1. The van der Waals surface area contributed by atoms with E-state index in [1.54, 1.807) is 26.0 Å². The highest BCUT2D eigenvalue weighted by molar-refractivity contribution is 6.10. The number of hydrogen-bond acceptors (Lipinski definition) is 3. The summed E-state index contributed by atoms with van der Waals surface area (Å²) < 4.78 is 0. The van der Waals surface area contributed by atoms with Gasteiger partial charge in [-0.3, -0.25) is 4.79 Å². The summed E-state index contributed by atoms with van der Waals surface area (Å²) in [6, 6.07) is 14.7. The molecule has 3 heteroatoms. The smallest absolute Gasteiger partial charge is 0.193 e. The van der Waals surface area contributed by atoms with Gasteiger partial charge in [-0.05, 0) is 37.8 Å². The van der Waals surface area contributed by atoms with Crippen LogP contribution in [-0.4, -0.2) is 28.2 Å². The SMILES string of the molecule is CC(O)Cc1ccccc1C(=O)c1ccccc1CC(C)O. The molecular formula is C19H22O3. The van der Waals surface area contributed by atoms with Crippen molar-refractivity contribution in [3.63, 3.8) is 0 Å². The van der Waals surface area contributed by atoms with Gasteiger partial charge in [0.05, 0.1) is 12.2 Å². The van der Waals surface area contributed by atoms with Crippen LogP contribution in [0.2, 0.25) is 0 Å². The minimum atomic E-state index is -0.498. The molecule has 0 spiro atoms. The number of carbonyl (C=O) groups excluding carboxylic acids is 1. The Balaban J connectivity index is 2.41. The standard InChI is InChI=1S/C19H22O3/c1-13(20)11-15-7-3-5-9-17(15)19(22)18-10-6-4-8-16(18)12-14(2)21/h3-10,13-14,20-21H,11-12H2,1-2H3. The molecule has 2 unspecified atom stereocenters. The molecule has 0 aromatic heterocycles. The zero-order valence-electron chi connectivity index (χ0n) is 13.0. The number of rotatable bonds is 6. The van der Waals surface area contributed by atoms with Crippen LogP contribution >= 0.6 is 0 Å². The third-order valence-corrected chi connectivity index (χ3v) is 3.55.